The predicted octanol–water partition coefficient (Wildman–Crippen LogP) is 0.897. The standard InChI is InChI=1S/C9H15N5.ClH/c1-2-8(1)14-9(11-12-13-14)7-3-5-10-6-4-7;/h7-8,10H,1-6H2;1H. The van der Waals surface area contributed by atoms with Crippen LogP contribution in [0, 0.1) is 0 Å². The lowest BCUT2D eigenvalue weighted by Crippen LogP contribution is -2.28. The molecule has 1 saturated heterocycles. The Labute approximate surface area is 95.0 Å². The van der Waals surface area contributed by atoms with Crippen molar-refractivity contribution >= 4 is 12.4 Å². The highest BCUT2D eigenvalue weighted by atomic mass is 35.5. The van der Waals surface area contributed by atoms with Crippen molar-refractivity contribution in [2.45, 2.75) is 37.6 Å². The molecular weight excluding hydrogens is 214 g/mol. The monoisotopic (exact) mass is 229 g/mol. The van der Waals surface area contributed by atoms with Gasteiger partial charge in [-0.3, -0.25) is 0 Å². The molecule has 1 aromatic rings. The molecule has 1 aliphatic heterocycles. The Hall–Kier alpha value is -0.680. The van der Waals surface area contributed by atoms with Crippen LogP contribution < -0.4 is 5.32 Å². The molecule has 1 N–H and O–H groups in total. The van der Waals surface area contributed by atoms with E-state index < -0.39 is 0 Å². The average molecular weight is 230 g/mol. The smallest absolute Gasteiger partial charge is 0.154 e. The van der Waals surface area contributed by atoms with Gasteiger partial charge < -0.3 is 5.32 Å². The van der Waals surface area contributed by atoms with Crippen molar-refractivity contribution in [2.75, 3.05) is 13.1 Å². The van der Waals surface area contributed by atoms with Gasteiger partial charge in [-0.1, -0.05) is 0 Å². The highest BCUT2D eigenvalue weighted by molar-refractivity contribution is 5.85. The molecule has 5 nitrogen and oxygen atoms in total. The van der Waals surface area contributed by atoms with E-state index in [4.69, 9.17) is 0 Å². The molecule has 0 unspecified atom stereocenters. The van der Waals surface area contributed by atoms with E-state index in [9.17, 15) is 0 Å². The van der Waals surface area contributed by atoms with Crippen LogP contribution in [0.25, 0.3) is 0 Å². The second-order valence-electron chi connectivity index (χ2n) is 4.24. The van der Waals surface area contributed by atoms with Gasteiger partial charge >= 0.3 is 0 Å². The Morgan fingerprint density at radius 2 is 1.87 bits per heavy atom. The molecule has 0 atom stereocenters. The largest absolute Gasteiger partial charge is 0.317 e. The molecule has 1 aromatic heterocycles. The summed E-state index contributed by atoms with van der Waals surface area (Å²) in [5, 5.41) is 15.4. The van der Waals surface area contributed by atoms with E-state index in [-0.39, 0.29) is 12.4 Å². The number of hydrogen-bond acceptors (Lipinski definition) is 4. The summed E-state index contributed by atoms with van der Waals surface area (Å²) in [5.74, 6) is 1.70. The van der Waals surface area contributed by atoms with E-state index in [0.29, 0.717) is 12.0 Å². The van der Waals surface area contributed by atoms with E-state index in [1.807, 2.05) is 0 Å². The fourth-order valence-electron chi connectivity index (χ4n) is 2.13. The molecule has 84 valence electrons. The van der Waals surface area contributed by atoms with Gasteiger partial charge in [0.25, 0.3) is 0 Å². The second kappa shape index (κ2) is 4.45. The number of aromatic nitrogens is 4. The van der Waals surface area contributed by atoms with Crippen LogP contribution in [-0.4, -0.2) is 33.3 Å². The van der Waals surface area contributed by atoms with Crippen molar-refractivity contribution in [1.29, 1.82) is 0 Å². The van der Waals surface area contributed by atoms with Crippen LogP contribution in [0.3, 0.4) is 0 Å². The van der Waals surface area contributed by atoms with Gasteiger partial charge in [0, 0.05) is 5.92 Å². The summed E-state index contributed by atoms with van der Waals surface area (Å²) in [6.45, 7) is 2.20. The quantitative estimate of drug-likeness (QED) is 0.819. The highest BCUT2D eigenvalue weighted by Crippen LogP contribution is 2.36. The van der Waals surface area contributed by atoms with E-state index in [0.717, 1.165) is 18.9 Å². The number of piperidine rings is 1. The molecule has 6 heteroatoms. The summed E-state index contributed by atoms with van der Waals surface area (Å²) in [4.78, 5) is 0. The van der Waals surface area contributed by atoms with Gasteiger partial charge in [0.15, 0.2) is 5.82 Å². The first-order chi connectivity index (χ1) is 6.95. The maximum Gasteiger partial charge on any atom is 0.154 e. The minimum absolute atomic E-state index is 0. The first-order valence-electron chi connectivity index (χ1n) is 5.43. The van der Waals surface area contributed by atoms with Crippen molar-refractivity contribution in [1.82, 2.24) is 25.5 Å². The molecule has 0 aromatic carbocycles. The van der Waals surface area contributed by atoms with Gasteiger partial charge in [-0.2, -0.15) is 0 Å². The van der Waals surface area contributed by atoms with Crippen LogP contribution in [0.5, 0.6) is 0 Å². The number of rotatable bonds is 2. The molecule has 0 amide bonds. The Morgan fingerprint density at radius 1 is 1.13 bits per heavy atom. The third-order valence-electron chi connectivity index (χ3n) is 3.12. The van der Waals surface area contributed by atoms with Crippen molar-refractivity contribution in [3.63, 3.8) is 0 Å². The van der Waals surface area contributed by atoms with E-state index in [1.54, 1.807) is 0 Å². The van der Waals surface area contributed by atoms with Crippen LogP contribution in [0.15, 0.2) is 0 Å². The summed E-state index contributed by atoms with van der Waals surface area (Å²) < 4.78 is 2.05. The maximum atomic E-state index is 4.18. The third kappa shape index (κ3) is 2.13. The lowest BCUT2D eigenvalue weighted by atomic mass is 9.97. The summed E-state index contributed by atoms with van der Waals surface area (Å²) >= 11 is 0. The van der Waals surface area contributed by atoms with Gasteiger partial charge in [-0.25, -0.2) is 4.68 Å². The third-order valence-corrected chi connectivity index (χ3v) is 3.12. The van der Waals surface area contributed by atoms with Crippen molar-refractivity contribution in [3.8, 4) is 0 Å². The zero-order valence-electron chi connectivity index (χ0n) is 8.59. The SMILES string of the molecule is C1CC(c2nnnn2C2CC2)CCN1.Cl. The highest BCUT2D eigenvalue weighted by Gasteiger charge is 2.30. The van der Waals surface area contributed by atoms with Crippen molar-refractivity contribution < 1.29 is 0 Å². The fourth-order valence-corrected chi connectivity index (χ4v) is 2.13. The van der Waals surface area contributed by atoms with Crippen LogP contribution in [0.4, 0.5) is 0 Å². The maximum absolute atomic E-state index is 4.18. The van der Waals surface area contributed by atoms with Crippen LogP contribution in [-0.2, 0) is 0 Å². The van der Waals surface area contributed by atoms with Crippen molar-refractivity contribution in [2.24, 2.45) is 0 Å². The lowest BCUT2D eigenvalue weighted by Gasteiger charge is -2.21. The molecular formula is C9H16ClN5. The molecule has 0 spiro atoms. The molecule has 3 rings (SSSR count). The Bertz CT molecular complexity index is 316. The molecule has 1 saturated carbocycles. The Morgan fingerprint density at radius 3 is 2.53 bits per heavy atom. The zero-order chi connectivity index (χ0) is 9.38. The number of hydrogen-bond donors (Lipinski definition) is 1. The van der Waals surface area contributed by atoms with Crippen LogP contribution in [0.2, 0.25) is 0 Å². The molecule has 0 radical (unpaired) electrons. The lowest BCUT2D eigenvalue weighted by molar-refractivity contribution is 0.422. The molecule has 2 fully saturated rings. The zero-order valence-corrected chi connectivity index (χ0v) is 9.41. The van der Waals surface area contributed by atoms with Gasteiger partial charge in [-0.05, 0) is 49.2 Å². The van der Waals surface area contributed by atoms with Crippen LogP contribution in [0.1, 0.15) is 43.5 Å². The fraction of sp³-hybridized carbons (Fsp3) is 0.889. The molecule has 15 heavy (non-hydrogen) atoms. The van der Waals surface area contributed by atoms with Gasteiger partial charge in [0.2, 0.25) is 0 Å². The topological polar surface area (TPSA) is 55.6 Å². The Kier molecular flexibility index (Phi) is 3.21. The number of nitrogens with zero attached hydrogens (tertiary/aromatic N) is 4. The number of nitrogens with one attached hydrogen (secondary N) is 1. The molecule has 1 aliphatic carbocycles. The first-order valence-corrected chi connectivity index (χ1v) is 5.43. The number of halogens is 1. The van der Waals surface area contributed by atoms with Gasteiger partial charge in [0.1, 0.15) is 0 Å². The minimum atomic E-state index is 0. The second-order valence-corrected chi connectivity index (χ2v) is 4.24. The van der Waals surface area contributed by atoms with E-state index in [1.165, 1.54) is 25.7 Å². The van der Waals surface area contributed by atoms with Gasteiger partial charge in [-0.15, -0.1) is 17.5 Å². The van der Waals surface area contributed by atoms with E-state index in [2.05, 4.69) is 25.5 Å². The van der Waals surface area contributed by atoms with Gasteiger partial charge in [0.05, 0.1) is 6.04 Å². The minimum Gasteiger partial charge on any atom is -0.317 e. The van der Waals surface area contributed by atoms with Crippen molar-refractivity contribution in [3.05, 3.63) is 5.82 Å². The predicted molar refractivity (Wildman–Crippen MR) is 58.2 cm³/mol. The molecule has 2 heterocycles. The normalized spacial score (nSPS) is 22.4. The summed E-state index contributed by atoms with van der Waals surface area (Å²) in [7, 11) is 0. The molecule has 0 bridgehead atoms. The Balaban J connectivity index is 0.000000853. The number of tetrazole rings is 1. The summed E-state index contributed by atoms with van der Waals surface area (Å²) in [5.41, 5.74) is 0. The summed E-state index contributed by atoms with van der Waals surface area (Å²) in [6, 6.07) is 0.606. The average Bonchev–Trinajstić information content (AvgIpc) is 2.98. The molecule has 2 aliphatic rings. The first kappa shape index (κ1) is 10.8. The summed E-state index contributed by atoms with van der Waals surface area (Å²) in [6.07, 6.45) is 4.85. The van der Waals surface area contributed by atoms with Crippen LogP contribution >= 0.6 is 12.4 Å². The van der Waals surface area contributed by atoms with E-state index >= 15 is 0 Å².